The van der Waals surface area contributed by atoms with Gasteiger partial charge in [0, 0.05) is 17.1 Å². The standard InChI is InChI=1S/C9H19NOS/c1-8(4-7-11)12-9-2-5-10-6-3-9/h8-11H,2-7H2,1H3. The molecule has 1 aliphatic heterocycles. The van der Waals surface area contributed by atoms with Crippen LogP contribution in [0.25, 0.3) is 0 Å². The summed E-state index contributed by atoms with van der Waals surface area (Å²) in [7, 11) is 0. The van der Waals surface area contributed by atoms with Gasteiger partial charge in [0.25, 0.3) is 0 Å². The number of thioether (sulfide) groups is 1. The first-order valence-electron chi connectivity index (χ1n) is 4.80. The van der Waals surface area contributed by atoms with E-state index < -0.39 is 0 Å². The number of aliphatic hydroxyl groups is 1. The summed E-state index contributed by atoms with van der Waals surface area (Å²) >= 11 is 2.05. The summed E-state index contributed by atoms with van der Waals surface area (Å²) in [5.74, 6) is 0. The summed E-state index contributed by atoms with van der Waals surface area (Å²) in [4.78, 5) is 0. The number of aliphatic hydroxyl groups excluding tert-OH is 1. The second kappa shape index (κ2) is 5.84. The van der Waals surface area contributed by atoms with E-state index in [1.165, 1.54) is 25.9 Å². The maximum Gasteiger partial charge on any atom is 0.0441 e. The number of hydrogen-bond donors (Lipinski definition) is 2. The Morgan fingerprint density at radius 3 is 2.75 bits per heavy atom. The van der Waals surface area contributed by atoms with Gasteiger partial charge >= 0.3 is 0 Å². The third-order valence-electron chi connectivity index (χ3n) is 2.25. The third-order valence-corrected chi connectivity index (χ3v) is 3.80. The Labute approximate surface area is 79.1 Å². The van der Waals surface area contributed by atoms with Crippen LogP contribution in [0.4, 0.5) is 0 Å². The lowest BCUT2D eigenvalue weighted by Crippen LogP contribution is -2.30. The van der Waals surface area contributed by atoms with Gasteiger partial charge in [-0.15, -0.1) is 0 Å². The predicted molar refractivity (Wildman–Crippen MR) is 54.6 cm³/mol. The van der Waals surface area contributed by atoms with Gasteiger partial charge in [0.05, 0.1) is 0 Å². The molecule has 1 rings (SSSR count). The number of rotatable bonds is 4. The van der Waals surface area contributed by atoms with E-state index in [0.29, 0.717) is 11.9 Å². The van der Waals surface area contributed by atoms with Crippen LogP contribution in [0.15, 0.2) is 0 Å². The summed E-state index contributed by atoms with van der Waals surface area (Å²) in [6.45, 7) is 4.88. The lowest BCUT2D eigenvalue weighted by Gasteiger charge is -2.24. The molecule has 0 radical (unpaired) electrons. The second-order valence-electron chi connectivity index (χ2n) is 3.41. The van der Waals surface area contributed by atoms with Crippen LogP contribution >= 0.6 is 11.8 Å². The molecule has 1 saturated heterocycles. The highest BCUT2D eigenvalue weighted by molar-refractivity contribution is 8.00. The van der Waals surface area contributed by atoms with Crippen molar-refractivity contribution in [3.05, 3.63) is 0 Å². The molecule has 0 aromatic rings. The van der Waals surface area contributed by atoms with Crippen molar-refractivity contribution >= 4 is 11.8 Å². The Bertz CT molecular complexity index is 115. The lowest BCUT2D eigenvalue weighted by atomic mass is 10.2. The van der Waals surface area contributed by atoms with E-state index in [4.69, 9.17) is 5.11 Å². The first-order valence-corrected chi connectivity index (χ1v) is 5.74. The maximum absolute atomic E-state index is 8.74. The summed E-state index contributed by atoms with van der Waals surface area (Å²) in [6.07, 6.45) is 3.52. The van der Waals surface area contributed by atoms with E-state index in [1.807, 2.05) is 11.8 Å². The van der Waals surface area contributed by atoms with Crippen LogP contribution in [0.3, 0.4) is 0 Å². The van der Waals surface area contributed by atoms with Crippen LogP contribution < -0.4 is 5.32 Å². The average Bonchev–Trinajstić information content (AvgIpc) is 2.06. The van der Waals surface area contributed by atoms with E-state index in [2.05, 4.69) is 12.2 Å². The molecule has 1 atom stereocenters. The van der Waals surface area contributed by atoms with Crippen LogP contribution in [0.1, 0.15) is 26.2 Å². The smallest absolute Gasteiger partial charge is 0.0441 e. The molecule has 0 aliphatic carbocycles. The quantitative estimate of drug-likeness (QED) is 0.698. The summed E-state index contributed by atoms with van der Waals surface area (Å²) < 4.78 is 0. The van der Waals surface area contributed by atoms with Crippen LogP contribution in [0.2, 0.25) is 0 Å². The largest absolute Gasteiger partial charge is 0.396 e. The monoisotopic (exact) mass is 189 g/mol. The van der Waals surface area contributed by atoms with Gasteiger partial charge in [0.2, 0.25) is 0 Å². The Morgan fingerprint density at radius 1 is 1.50 bits per heavy atom. The maximum atomic E-state index is 8.74. The van der Waals surface area contributed by atoms with Gasteiger partial charge in [-0.25, -0.2) is 0 Å². The van der Waals surface area contributed by atoms with E-state index >= 15 is 0 Å². The van der Waals surface area contributed by atoms with Crippen molar-refractivity contribution in [2.75, 3.05) is 19.7 Å². The lowest BCUT2D eigenvalue weighted by molar-refractivity contribution is 0.288. The molecule has 72 valence electrons. The zero-order valence-corrected chi connectivity index (χ0v) is 8.57. The first-order chi connectivity index (χ1) is 5.83. The molecule has 2 nitrogen and oxygen atoms in total. The molecule has 0 spiro atoms. The Hall–Kier alpha value is 0.270. The number of piperidine rings is 1. The van der Waals surface area contributed by atoms with Crippen molar-refractivity contribution in [2.45, 2.75) is 36.7 Å². The van der Waals surface area contributed by atoms with E-state index in [0.717, 1.165) is 11.7 Å². The van der Waals surface area contributed by atoms with Crippen LogP contribution in [0.5, 0.6) is 0 Å². The van der Waals surface area contributed by atoms with Gasteiger partial charge in [-0.1, -0.05) is 6.92 Å². The summed E-state index contributed by atoms with van der Waals surface area (Å²) in [5.41, 5.74) is 0. The van der Waals surface area contributed by atoms with Crippen molar-refractivity contribution in [3.63, 3.8) is 0 Å². The molecule has 3 heteroatoms. The van der Waals surface area contributed by atoms with Crippen molar-refractivity contribution in [1.82, 2.24) is 5.32 Å². The highest BCUT2D eigenvalue weighted by Gasteiger charge is 2.15. The highest BCUT2D eigenvalue weighted by atomic mass is 32.2. The summed E-state index contributed by atoms with van der Waals surface area (Å²) in [6, 6.07) is 0. The third kappa shape index (κ3) is 3.78. The molecule has 0 bridgehead atoms. The second-order valence-corrected chi connectivity index (χ2v) is 5.15. The van der Waals surface area contributed by atoms with Crippen molar-refractivity contribution < 1.29 is 5.11 Å². The Morgan fingerprint density at radius 2 is 2.17 bits per heavy atom. The molecule has 0 aromatic carbocycles. The topological polar surface area (TPSA) is 32.3 Å². The zero-order valence-electron chi connectivity index (χ0n) is 7.75. The van der Waals surface area contributed by atoms with Crippen LogP contribution in [0, 0.1) is 0 Å². The minimum atomic E-state index is 0.332. The molecule has 1 aliphatic rings. The van der Waals surface area contributed by atoms with Crippen molar-refractivity contribution in [1.29, 1.82) is 0 Å². The zero-order chi connectivity index (χ0) is 8.81. The molecular formula is C9H19NOS. The fraction of sp³-hybridized carbons (Fsp3) is 1.00. The Kier molecular flexibility index (Phi) is 5.04. The van der Waals surface area contributed by atoms with Crippen molar-refractivity contribution in [2.24, 2.45) is 0 Å². The molecule has 1 heterocycles. The molecule has 0 amide bonds. The molecule has 1 fully saturated rings. The molecule has 1 unspecified atom stereocenters. The van der Waals surface area contributed by atoms with Crippen molar-refractivity contribution in [3.8, 4) is 0 Å². The number of nitrogens with one attached hydrogen (secondary N) is 1. The van der Waals surface area contributed by atoms with Gasteiger partial charge in [0.15, 0.2) is 0 Å². The van der Waals surface area contributed by atoms with Gasteiger partial charge in [-0.2, -0.15) is 11.8 Å². The van der Waals surface area contributed by atoms with Gasteiger partial charge in [0.1, 0.15) is 0 Å². The fourth-order valence-electron chi connectivity index (χ4n) is 1.51. The number of hydrogen-bond acceptors (Lipinski definition) is 3. The fourth-order valence-corrected chi connectivity index (χ4v) is 2.92. The summed E-state index contributed by atoms with van der Waals surface area (Å²) in [5, 5.41) is 13.5. The van der Waals surface area contributed by atoms with Gasteiger partial charge < -0.3 is 10.4 Å². The molecule has 0 saturated carbocycles. The van der Waals surface area contributed by atoms with E-state index in [-0.39, 0.29) is 0 Å². The SMILES string of the molecule is CC(CCO)SC1CCNCC1. The Balaban J connectivity index is 2.11. The van der Waals surface area contributed by atoms with Gasteiger partial charge in [-0.05, 0) is 32.4 Å². The first kappa shape index (κ1) is 10.4. The highest BCUT2D eigenvalue weighted by Crippen LogP contribution is 2.25. The van der Waals surface area contributed by atoms with Crippen LogP contribution in [-0.2, 0) is 0 Å². The van der Waals surface area contributed by atoms with E-state index in [9.17, 15) is 0 Å². The minimum Gasteiger partial charge on any atom is -0.396 e. The predicted octanol–water partition coefficient (Wildman–Crippen LogP) is 1.24. The normalized spacial score (nSPS) is 22.5. The molecular weight excluding hydrogens is 170 g/mol. The van der Waals surface area contributed by atoms with Crippen LogP contribution in [-0.4, -0.2) is 35.3 Å². The van der Waals surface area contributed by atoms with Gasteiger partial charge in [-0.3, -0.25) is 0 Å². The molecule has 0 aromatic heterocycles. The molecule has 12 heavy (non-hydrogen) atoms. The molecule has 2 N–H and O–H groups in total. The van der Waals surface area contributed by atoms with E-state index in [1.54, 1.807) is 0 Å². The average molecular weight is 189 g/mol. The minimum absolute atomic E-state index is 0.332.